The van der Waals surface area contributed by atoms with Gasteiger partial charge in [0, 0.05) is 23.6 Å². The average Bonchev–Trinajstić information content (AvgIpc) is 2.32. The van der Waals surface area contributed by atoms with E-state index in [4.69, 9.17) is 5.73 Å². The molecule has 16 heavy (non-hydrogen) atoms. The zero-order valence-corrected chi connectivity index (χ0v) is 10.3. The molecule has 0 bridgehead atoms. The molecule has 1 aromatic carbocycles. The van der Waals surface area contributed by atoms with E-state index in [2.05, 4.69) is 38.0 Å². The third-order valence-electron chi connectivity index (χ3n) is 2.25. The molecule has 1 aromatic heterocycles. The van der Waals surface area contributed by atoms with Crippen molar-refractivity contribution in [2.24, 2.45) is 5.73 Å². The molecule has 0 saturated carbocycles. The lowest BCUT2D eigenvalue weighted by Crippen LogP contribution is -2.04. The number of halogens is 1. The number of rotatable bonds is 3. The summed E-state index contributed by atoms with van der Waals surface area (Å²) in [7, 11) is 0. The van der Waals surface area contributed by atoms with Crippen LogP contribution in [0.3, 0.4) is 0 Å². The van der Waals surface area contributed by atoms with Crippen LogP contribution < -0.4 is 5.73 Å². The van der Waals surface area contributed by atoms with Crippen LogP contribution in [0.4, 0.5) is 0 Å². The molecule has 82 valence electrons. The van der Waals surface area contributed by atoms with Gasteiger partial charge in [0.2, 0.25) is 0 Å². The summed E-state index contributed by atoms with van der Waals surface area (Å²) in [4.78, 5) is 8.59. The summed E-state index contributed by atoms with van der Waals surface area (Å²) in [5, 5.41) is 0. The Hall–Kier alpha value is -1.26. The Balaban J connectivity index is 2.16. The van der Waals surface area contributed by atoms with Crippen LogP contribution in [-0.4, -0.2) is 9.97 Å². The Morgan fingerprint density at radius 3 is 2.56 bits per heavy atom. The first-order valence-electron chi connectivity index (χ1n) is 5.03. The predicted octanol–water partition coefficient (Wildman–Crippen LogP) is 2.29. The first kappa shape index (κ1) is 11.2. The van der Waals surface area contributed by atoms with Crippen molar-refractivity contribution in [1.82, 2.24) is 9.97 Å². The largest absolute Gasteiger partial charge is 0.325 e. The molecule has 2 rings (SSSR count). The summed E-state index contributed by atoms with van der Waals surface area (Å²) < 4.78 is 1.08. The van der Waals surface area contributed by atoms with E-state index in [1.54, 1.807) is 6.20 Å². The molecule has 0 aliphatic rings. The monoisotopic (exact) mass is 277 g/mol. The van der Waals surface area contributed by atoms with E-state index >= 15 is 0 Å². The molecular formula is C12H12BrN3. The molecule has 2 N–H and O–H groups in total. The molecule has 0 aliphatic heterocycles. The van der Waals surface area contributed by atoms with Crippen molar-refractivity contribution in [3.05, 3.63) is 58.1 Å². The summed E-state index contributed by atoms with van der Waals surface area (Å²) in [6.45, 7) is 0.454. The Kier molecular flexibility index (Phi) is 3.64. The van der Waals surface area contributed by atoms with Crippen LogP contribution in [0.25, 0.3) is 0 Å². The highest BCUT2D eigenvalue weighted by molar-refractivity contribution is 9.10. The number of nitrogens with two attached hydrogens (primary N) is 1. The topological polar surface area (TPSA) is 51.8 Å². The van der Waals surface area contributed by atoms with Gasteiger partial charge in [-0.05, 0) is 23.8 Å². The first-order valence-corrected chi connectivity index (χ1v) is 5.82. The van der Waals surface area contributed by atoms with E-state index in [-0.39, 0.29) is 0 Å². The van der Waals surface area contributed by atoms with Gasteiger partial charge in [-0.15, -0.1) is 0 Å². The maximum absolute atomic E-state index is 5.54. The highest BCUT2D eigenvalue weighted by atomic mass is 79.9. The average molecular weight is 278 g/mol. The van der Waals surface area contributed by atoms with Gasteiger partial charge in [0.1, 0.15) is 5.82 Å². The Morgan fingerprint density at radius 2 is 1.88 bits per heavy atom. The van der Waals surface area contributed by atoms with E-state index < -0.39 is 0 Å². The maximum Gasteiger partial charge on any atom is 0.132 e. The van der Waals surface area contributed by atoms with Crippen LogP contribution in [0.15, 0.2) is 41.0 Å². The second kappa shape index (κ2) is 5.18. The van der Waals surface area contributed by atoms with Crippen LogP contribution in [0.1, 0.15) is 17.1 Å². The van der Waals surface area contributed by atoms with Crippen LogP contribution in [-0.2, 0) is 13.0 Å². The van der Waals surface area contributed by atoms with Gasteiger partial charge < -0.3 is 5.73 Å². The van der Waals surface area contributed by atoms with Crippen LogP contribution >= 0.6 is 15.9 Å². The fourth-order valence-corrected chi connectivity index (χ4v) is 1.69. The molecule has 1 heterocycles. The molecule has 0 fully saturated rings. The highest BCUT2D eigenvalue weighted by Gasteiger charge is 2.00. The molecule has 0 saturated heterocycles. The summed E-state index contributed by atoms with van der Waals surface area (Å²) in [6.07, 6.45) is 2.49. The molecule has 0 amide bonds. The fourth-order valence-electron chi connectivity index (χ4n) is 1.42. The van der Waals surface area contributed by atoms with Crippen molar-refractivity contribution < 1.29 is 0 Å². The Morgan fingerprint density at radius 1 is 1.12 bits per heavy atom. The van der Waals surface area contributed by atoms with Crippen molar-refractivity contribution >= 4 is 15.9 Å². The normalized spacial score (nSPS) is 10.4. The van der Waals surface area contributed by atoms with E-state index in [0.29, 0.717) is 6.54 Å². The van der Waals surface area contributed by atoms with Crippen molar-refractivity contribution in [3.63, 3.8) is 0 Å². The number of hydrogen-bond donors (Lipinski definition) is 1. The highest BCUT2D eigenvalue weighted by Crippen LogP contribution is 2.12. The third kappa shape index (κ3) is 2.87. The second-order valence-electron chi connectivity index (χ2n) is 3.47. The maximum atomic E-state index is 5.54. The van der Waals surface area contributed by atoms with Gasteiger partial charge in [-0.1, -0.05) is 28.1 Å². The number of benzene rings is 1. The number of hydrogen-bond acceptors (Lipinski definition) is 3. The van der Waals surface area contributed by atoms with Gasteiger partial charge in [-0.2, -0.15) is 0 Å². The molecule has 4 heteroatoms. The molecule has 3 nitrogen and oxygen atoms in total. The van der Waals surface area contributed by atoms with Crippen LogP contribution in [0, 0.1) is 0 Å². The standard InChI is InChI=1S/C12H12BrN3/c13-10-3-1-9(2-4-10)7-12-15-6-5-11(8-14)16-12/h1-6H,7-8,14H2. The summed E-state index contributed by atoms with van der Waals surface area (Å²) >= 11 is 3.41. The second-order valence-corrected chi connectivity index (χ2v) is 4.39. The zero-order valence-electron chi connectivity index (χ0n) is 8.73. The van der Waals surface area contributed by atoms with Crippen LogP contribution in [0.2, 0.25) is 0 Å². The minimum atomic E-state index is 0.454. The fraction of sp³-hybridized carbons (Fsp3) is 0.167. The van der Waals surface area contributed by atoms with E-state index in [0.717, 1.165) is 22.4 Å². The van der Waals surface area contributed by atoms with E-state index in [1.165, 1.54) is 5.56 Å². The first-order chi connectivity index (χ1) is 7.78. The third-order valence-corrected chi connectivity index (χ3v) is 2.78. The lowest BCUT2D eigenvalue weighted by Gasteiger charge is -2.02. The zero-order chi connectivity index (χ0) is 11.4. The molecule has 0 radical (unpaired) electrons. The Labute approximate surface area is 103 Å². The number of aromatic nitrogens is 2. The molecular weight excluding hydrogens is 266 g/mol. The van der Waals surface area contributed by atoms with Crippen molar-refractivity contribution in [2.45, 2.75) is 13.0 Å². The Bertz CT molecular complexity index is 468. The minimum absolute atomic E-state index is 0.454. The van der Waals surface area contributed by atoms with Gasteiger partial charge in [0.05, 0.1) is 5.69 Å². The summed E-state index contributed by atoms with van der Waals surface area (Å²) in [5.74, 6) is 0.810. The lowest BCUT2D eigenvalue weighted by molar-refractivity contribution is 0.891. The molecule has 0 unspecified atom stereocenters. The van der Waals surface area contributed by atoms with Crippen molar-refractivity contribution in [1.29, 1.82) is 0 Å². The quantitative estimate of drug-likeness (QED) is 0.937. The summed E-state index contributed by atoms with van der Waals surface area (Å²) in [5.41, 5.74) is 7.60. The lowest BCUT2D eigenvalue weighted by atomic mass is 10.1. The molecule has 0 spiro atoms. The van der Waals surface area contributed by atoms with E-state index in [1.807, 2.05) is 18.2 Å². The van der Waals surface area contributed by atoms with Gasteiger partial charge in [-0.25, -0.2) is 9.97 Å². The van der Waals surface area contributed by atoms with Crippen LogP contribution in [0.5, 0.6) is 0 Å². The molecule has 2 aromatic rings. The SMILES string of the molecule is NCc1ccnc(Cc2ccc(Br)cc2)n1. The van der Waals surface area contributed by atoms with Gasteiger partial charge in [0.15, 0.2) is 0 Å². The molecule has 0 atom stereocenters. The van der Waals surface area contributed by atoms with Gasteiger partial charge >= 0.3 is 0 Å². The van der Waals surface area contributed by atoms with Crippen molar-refractivity contribution in [3.8, 4) is 0 Å². The van der Waals surface area contributed by atoms with Crippen molar-refractivity contribution in [2.75, 3.05) is 0 Å². The van der Waals surface area contributed by atoms with Gasteiger partial charge in [-0.3, -0.25) is 0 Å². The van der Waals surface area contributed by atoms with Gasteiger partial charge in [0.25, 0.3) is 0 Å². The molecule has 0 aliphatic carbocycles. The predicted molar refractivity (Wildman–Crippen MR) is 66.9 cm³/mol. The number of nitrogens with zero attached hydrogens (tertiary/aromatic N) is 2. The van der Waals surface area contributed by atoms with E-state index in [9.17, 15) is 0 Å². The smallest absolute Gasteiger partial charge is 0.132 e. The summed E-state index contributed by atoms with van der Waals surface area (Å²) in [6, 6.07) is 9.99. The minimum Gasteiger partial charge on any atom is -0.325 e.